The van der Waals surface area contributed by atoms with Crippen LogP contribution in [0.2, 0.25) is 0 Å². The lowest BCUT2D eigenvalue weighted by molar-refractivity contribution is 0.623. The van der Waals surface area contributed by atoms with Gasteiger partial charge in [0.2, 0.25) is 5.89 Å². The molecule has 0 N–H and O–H groups in total. The normalized spacial score (nSPS) is 13.4. The van der Waals surface area contributed by atoms with Crippen LogP contribution in [0.3, 0.4) is 0 Å². The molecule has 0 fully saturated rings. The first-order valence-corrected chi connectivity index (χ1v) is 17.2. The minimum absolute atomic E-state index is 0.0655. The highest BCUT2D eigenvalue weighted by atomic mass is 32.1. The second kappa shape index (κ2) is 10.1. The van der Waals surface area contributed by atoms with Crippen LogP contribution in [0.5, 0.6) is 0 Å². The highest BCUT2D eigenvalue weighted by molar-refractivity contribution is 7.25. The van der Waals surface area contributed by atoms with Crippen molar-refractivity contribution in [3.8, 4) is 22.6 Å². The minimum Gasteiger partial charge on any atom is -0.435 e. The zero-order valence-corrected chi connectivity index (χ0v) is 27.4. The molecule has 3 nitrogen and oxygen atoms in total. The van der Waals surface area contributed by atoms with E-state index in [2.05, 4.69) is 134 Å². The van der Waals surface area contributed by atoms with Crippen molar-refractivity contribution in [2.24, 2.45) is 0 Å². The number of benzene rings is 7. The molecule has 1 aliphatic carbocycles. The number of oxazole rings is 1. The van der Waals surface area contributed by atoms with Gasteiger partial charge in [0, 0.05) is 53.3 Å². The smallest absolute Gasteiger partial charge is 0.227 e. The molecule has 0 amide bonds. The maximum absolute atomic E-state index is 6.50. The fourth-order valence-electron chi connectivity index (χ4n) is 7.75. The SMILES string of the molecule is CC1(C)c2ccccc2-c2cc(N(c3ccc4sc5ccccc5c4c3)c3cc4nc(-c5ccccc5)oc4c4ccccc34)ccc21. The van der Waals surface area contributed by atoms with Crippen molar-refractivity contribution in [2.45, 2.75) is 19.3 Å². The first-order chi connectivity index (χ1) is 23.5. The Kier molecular flexibility index (Phi) is 5.79. The van der Waals surface area contributed by atoms with Gasteiger partial charge in [-0.25, -0.2) is 4.98 Å². The molecule has 0 saturated heterocycles. The highest BCUT2D eigenvalue weighted by Gasteiger charge is 2.35. The van der Waals surface area contributed by atoms with Gasteiger partial charge in [0.15, 0.2) is 5.58 Å². The number of rotatable bonds is 4. The van der Waals surface area contributed by atoms with Crippen molar-refractivity contribution in [1.29, 1.82) is 0 Å². The number of nitrogens with zero attached hydrogens (tertiary/aromatic N) is 2. The zero-order valence-electron chi connectivity index (χ0n) is 26.6. The van der Waals surface area contributed by atoms with Gasteiger partial charge >= 0.3 is 0 Å². The largest absolute Gasteiger partial charge is 0.435 e. The van der Waals surface area contributed by atoms with Crippen LogP contribution in [0.4, 0.5) is 17.1 Å². The number of anilines is 3. The minimum atomic E-state index is -0.0655. The van der Waals surface area contributed by atoms with E-state index in [1.54, 1.807) is 0 Å². The molecule has 0 aliphatic heterocycles. The van der Waals surface area contributed by atoms with Crippen LogP contribution < -0.4 is 4.90 Å². The van der Waals surface area contributed by atoms with Gasteiger partial charge in [-0.1, -0.05) is 105 Å². The van der Waals surface area contributed by atoms with Crippen molar-refractivity contribution in [3.05, 3.63) is 157 Å². The van der Waals surface area contributed by atoms with E-state index in [0.29, 0.717) is 5.89 Å². The quantitative estimate of drug-likeness (QED) is 0.193. The topological polar surface area (TPSA) is 29.3 Å². The average molecular weight is 635 g/mol. The highest BCUT2D eigenvalue weighted by Crippen LogP contribution is 2.51. The predicted octanol–water partition coefficient (Wildman–Crippen LogP) is 12.8. The summed E-state index contributed by atoms with van der Waals surface area (Å²) in [6.45, 7) is 4.67. The molecule has 228 valence electrons. The van der Waals surface area contributed by atoms with Crippen molar-refractivity contribution in [3.63, 3.8) is 0 Å². The summed E-state index contributed by atoms with van der Waals surface area (Å²) < 4.78 is 9.09. The second-order valence-corrected chi connectivity index (χ2v) is 14.3. The molecule has 7 aromatic carbocycles. The van der Waals surface area contributed by atoms with Crippen LogP contribution in [0, 0.1) is 0 Å². The lowest BCUT2D eigenvalue weighted by atomic mass is 9.82. The van der Waals surface area contributed by atoms with E-state index in [-0.39, 0.29) is 5.41 Å². The van der Waals surface area contributed by atoms with Crippen molar-refractivity contribution in [2.75, 3.05) is 4.90 Å². The monoisotopic (exact) mass is 634 g/mol. The predicted molar refractivity (Wildman–Crippen MR) is 202 cm³/mol. The van der Waals surface area contributed by atoms with E-state index in [9.17, 15) is 0 Å². The molecule has 0 bridgehead atoms. The fourth-order valence-corrected chi connectivity index (χ4v) is 8.84. The number of thiophene rings is 1. The lowest BCUT2D eigenvalue weighted by Crippen LogP contribution is -2.15. The molecular formula is C44H30N2OS. The third kappa shape index (κ3) is 3.96. The third-order valence-corrected chi connectivity index (χ3v) is 11.2. The molecule has 2 heterocycles. The molecule has 10 rings (SSSR count). The standard InChI is InChI=1S/C44H30N2OS/c1-44(2)36-18-10-8-14-30(36)34-24-28(20-22-37(34)44)46(29-21-23-41-35(25-29)32-16-9-11-19-40(32)48-41)39-26-38-42(33-17-7-6-15-31(33)39)47-43(45-38)27-12-4-3-5-13-27/h3-26H,1-2H3. The molecule has 0 radical (unpaired) electrons. The van der Waals surface area contributed by atoms with E-state index < -0.39 is 0 Å². The zero-order chi connectivity index (χ0) is 32.0. The Morgan fingerprint density at radius 1 is 0.562 bits per heavy atom. The van der Waals surface area contributed by atoms with E-state index >= 15 is 0 Å². The van der Waals surface area contributed by atoms with Crippen molar-refractivity contribution < 1.29 is 4.42 Å². The molecule has 0 spiro atoms. The van der Waals surface area contributed by atoms with Gasteiger partial charge in [0.05, 0.1) is 5.69 Å². The first kappa shape index (κ1) is 27.4. The van der Waals surface area contributed by atoms with Crippen LogP contribution in [-0.2, 0) is 5.41 Å². The van der Waals surface area contributed by atoms with Gasteiger partial charge < -0.3 is 9.32 Å². The van der Waals surface area contributed by atoms with E-state index in [1.165, 1.54) is 42.4 Å². The number of hydrogen-bond donors (Lipinski definition) is 0. The Labute approximate surface area is 282 Å². The Morgan fingerprint density at radius 2 is 1.23 bits per heavy atom. The Morgan fingerprint density at radius 3 is 2.10 bits per heavy atom. The average Bonchev–Trinajstić information content (AvgIpc) is 3.80. The summed E-state index contributed by atoms with van der Waals surface area (Å²) in [5, 5.41) is 4.70. The van der Waals surface area contributed by atoms with Gasteiger partial charge in [-0.3, -0.25) is 0 Å². The summed E-state index contributed by atoms with van der Waals surface area (Å²) in [6, 6.07) is 52.4. The van der Waals surface area contributed by atoms with Gasteiger partial charge in [-0.05, 0) is 76.9 Å². The third-order valence-electron chi connectivity index (χ3n) is 10.1. The van der Waals surface area contributed by atoms with Crippen LogP contribution >= 0.6 is 11.3 Å². The second-order valence-electron chi connectivity index (χ2n) is 13.2. The number of hydrogen-bond acceptors (Lipinski definition) is 4. The molecule has 0 atom stereocenters. The van der Waals surface area contributed by atoms with Gasteiger partial charge in [-0.2, -0.15) is 0 Å². The summed E-state index contributed by atoms with van der Waals surface area (Å²) in [6.07, 6.45) is 0. The van der Waals surface area contributed by atoms with Crippen molar-refractivity contribution in [1.82, 2.24) is 4.98 Å². The van der Waals surface area contributed by atoms with E-state index in [0.717, 1.165) is 44.5 Å². The molecule has 9 aromatic rings. The number of aromatic nitrogens is 1. The van der Waals surface area contributed by atoms with Crippen LogP contribution in [0.1, 0.15) is 25.0 Å². The van der Waals surface area contributed by atoms with Gasteiger partial charge in [-0.15, -0.1) is 11.3 Å². The molecule has 48 heavy (non-hydrogen) atoms. The Balaban J connectivity index is 1.26. The van der Waals surface area contributed by atoms with Crippen LogP contribution in [0.25, 0.3) is 64.6 Å². The molecule has 0 unspecified atom stereocenters. The van der Waals surface area contributed by atoms with Gasteiger partial charge in [0.1, 0.15) is 5.52 Å². The molecule has 1 aliphatic rings. The van der Waals surface area contributed by atoms with E-state index in [4.69, 9.17) is 9.40 Å². The first-order valence-electron chi connectivity index (χ1n) is 16.4. The Bertz CT molecular complexity index is 2720. The van der Waals surface area contributed by atoms with Crippen molar-refractivity contribution >= 4 is 70.4 Å². The lowest BCUT2D eigenvalue weighted by Gasteiger charge is -2.28. The summed E-state index contributed by atoms with van der Waals surface area (Å²) >= 11 is 1.85. The summed E-state index contributed by atoms with van der Waals surface area (Å²) in [5.41, 5.74) is 11.1. The summed E-state index contributed by atoms with van der Waals surface area (Å²) in [5.74, 6) is 0.627. The molecule has 0 saturated carbocycles. The summed E-state index contributed by atoms with van der Waals surface area (Å²) in [7, 11) is 0. The van der Waals surface area contributed by atoms with Crippen LogP contribution in [-0.4, -0.2) is 4.98 Å². The fraction of sp³-hybridized carbons (Fsp3) is 0.0682. The molecular weight excluding hydrogens is 605 g/mol. The Hall–Kier alpha value is -5.71. The van der Waals surface area contributed by atoms with Gasteiger partial charge in [0.25, 0.3) is 0 Å². The summed E-state index contributed by atoms with van der Waals surface area (Å²) in [4.78, 5) is 7.48. The molecule has 4 heteroatoms. The maximum Gasteiger partial charge on any atom is 0.227 e. The molecule has 2 aromatic heterocycles. The van der Waals surface area contributed by atoms with E-state index in [1.807, 2.05) is 41.7 Å². The number of fused-ring (bicyclic) bond motifs is 9. The van der Waals surface area contributed by atoms with Crippen LogP contribution in [0.15, 0.2) is 150 Å². The maximum atomic E-state index is 6.50.